The van der Waals surface area contributed by atoms with Crippen molar-refractivity contribution in [2.75, 3.05) is 19.0 Å². The molecule has 30 heavy (non-hydrogen) atoms. The molecule has 6 nitrogen and oxygen atoms in total. The van der Waals surface area contributed by atoms with Crippen molar-refractivity contribution in [1.29, 1.82) is 0 Å². The van der Waals surface area contributed by atoms with E-state index < -0.39 is 0 Å². The van der Waals surface area contributed by atoms with E-state index in [0.29, 0.717) is 12.6 Å². The van der Waals surface area contributed by atoms with Gasteiger partial charge in [0.2, 0.25) is 5.95 Å². The Kier molecular flexibility index (Phi) is 5.17. The zero-order chi connectivity index (χ0) is 20.3. The Bertz CT molecular complexity index is 1170. The molecule has 0 spiro atoms. The summed E-state index contributed by atoms with van der Waals surface area (Å²) in [5, 5.41) is 8.16. The van der Waals surface area contributed by atoms with Crippen molar-refractivity contribution in [3.8, 4) is 5.95 Å². The molecule has 0 saturated heterocycles. The Labute approximate surface area is 175 Å². The van der Waals surface area contributed by atoms with Gasteiger partial charge in [0.05, 0.1) is 23.5 Å². The zero-order valence-electron chi connectivity index (χ0n) is 17.1. The van der Waals surface area contributed by atoms with E-state index in [1.54, 1.807) is 7.11 Å². The van der Waals surface area contributed by atoms with Crippen LogP contribution in [0, 0.1) is 0 Å². The molecule has 0 amide bonds. The summed E-state index contributed by atoms with van der Waals surface area (Å²) in [5.74, 6) is 1.59. The molecule has 2 aromatic heterocycles. The predicted molar refractivity (Wildman–Crippen MR) is 119 cm³/mol. The molecule has 0 aliphatic carbocycles. The Balaban J connectivity index is 1.61. The molecule has 0 bridgehead atoms. The fourth-order valence-electron chi connectivity index (χ4n) is 4.06. The Hall–Kier alpha value is -3.22. The quantitative estimate of drug-likeness (QED) is 0.516. The van der Waals surface area contributed by atoms with Crippen LogP contribution in [-0.2, 0) is 30.9 Å². The van der Waals surface area contributed by atoms with E-state index in [9.17, 15) is 0 Å². The van der Waals surface area contributed by atoms with Crippen LogP contribution in [0.3, 0.4) is 0 Å². The first-order chi connectivity index (χ1) is 14.8. The highest BCUT2D eigenvalue weighted by Crippen LogP contribution is 2.27. The summed E-state index contributed by atoms with van der Waals surface area (Å²) < 4.78 is 7.59. The minimum Gasteiger partial charge on any atom is -0.378 e. The highest BCUT2D eigenvalue weighted by molar-refractivity contribution is 5.82. The summed E-state index contributed by atoms with van der Waals surface area (Å²) in [5.41, 5.74) is 5.62. The number of fused-ring (bicyclic) bond motifs is 2. The van der Waals surface area contributed by atoms with Crippen molar-refractivity contribution in [1.82, 2.24) is 19.9 Å². The molecule has 1 aliphatic rings. The van der Waals surface area contributed by atoms with E-state index in [-0.39, 0.29) is 0 Å². The van der Waals surface area contributed by atoms with Crippen LogP contribution in [-0.4, -0.2) is 28.2 Å². The second-order valence-electron chi connectivity index (χ2n) is 7.53. The lowest BCUT2D eigenvalue weighted by molar-refractivity contribution is 0.180. The van der Waals surface area contributed by atoms with Crippen molar-refractivity contribution < 1.29 is 4.74 Å². The average Bonchev–Trinajstić information content (AvgIpc) is 3.16. The molecule has 5 rings (SSSR count). The Morgan fingerprint density at radius 3 is 2.77 bits per heavy atom. The van der Waals surface area contributed by atoms with Crippen molar-refractivity contribution in [2.45, 2.75) is 26.1 Å². The highest BCUT2D eigenvalue weighted by Gasteiger charge is 2.20. The highest BCUT2D eigenvalue weighted by atomic mass is 16.5. The van der Waals surface area contributed by atoms with E-state index in [1.807, 2.05) is 12.1 Å². The van der Waals surface area contributed by atoms with Crippen molar-refractivity contribution in [3.63, 3.8) is 0 Å². The van der Waals surface area contributed by atoms with Crippen LogP contribution < -0.4 is 10.6 Å². The van der Waals surface area contributed by atoms with Gasteiger partial charge >= 0.3 is 0 Å². The minimum absolute atomic E-state index is 0.503. The lowest BCUT2D eigenvalue weighted by atomic mass is 10.1. The van der Waals surface area contributed by atoms with Crippen LogP contribution in [0.2, 0.25) is 0 Å². The molecule has 4 aromatic rings. The third-order valence-corrected chi connectivity index (χ3v) is 5.50. The number of aromatic nitrogens is 3. The number of para-hydroxylation sites is 1. The molecule has 6 heteroatoms. The number of ether oxygens (including phenoxy) is 1. The summed E-state index contributed by atoms with van der Waals surface area (Å²) >= 11 is 0. The number of nitrogens with zero attached hydrogens (tertiary/aromatic N) is 3. The number of methoxy groups -OCH3 is 1. The third kappa shape index (κ3) is 3.56. The molecule has 152 valence electrons. The number of benzene rings is 2. The predicted octanol–water partition coefficient (Wildman–Crippen LogP) is 3.82. The van der Waals surface area contributed by atoms with Gasteiger partial charge in [-0.25, -0.2) is 4.98 Å². The van der Waals surface area contributed by atoms with Crippen LogP contribution in [0.4, 0.5) is 5.82 Å². The van der Waals surface area contributed by atoms with Crippen LogP contribution in [0.5, 0.6) is 0 Å². The van der Waals surface area contributed by atoms with Gasteiger partial charge in [0.25, 0.3) is 0 Å². The van der Waals surface area contributed by atoms with Crippen molar-refractivity contribution in [2.24, 2.45) is 0 Å². The molecular weight excluding hydrogens is 374 g/mol. The smallest absolute Gasteiger partial charge is 0.236 e. The van der Waals surface area contributed by atoms with E-state index in [4.69, 9.17) is 14.7 Å². The van der Waals surface area contributed by atoms with Crippen LogP contribution in [0.15, 0.2) is 60.7 Å². The van der Waals surface area contributed by atoms with Gasteiger partial charge in [0, 0.05) is 44.1 Å². The number of anilines is 1. The molecule has 0 fully saturated rings. The summed E-state index contributed by atoms with van der Waals surface area (Å²) in [6.45, 7) is 2.94. The van der Waals surface area contributed by atoms with Crippen LogP contribution in [0.25, 0.3) is 16.9 Å². The van der Waals surface area contributed by atoms with E-state index in [2.05, 4.69) is 63.7 Å². The first-order valence-corrected chi connectivity index (χ1v) is 10.3. The van der Waals surface area contributed by atoms with Gasteiger partial charge in [0.1, 0.15) is 5.82 Å². The summed E-state index contributed by atoms with van der Waals surface area (Å²) in [7, 11) is 1.72. The fourth-order valence-corrected chi connectivity index (χ4v) is 4.06. The van der Waals surface area contributed by atoms with Crippen LogP contribution >= 0.6 is 0 Å². The van der Waals surface area contributed by atoms with Gasteiger partial charge in [-0.15, -0.1) is 0 Å². The third-order valence-electron chi connectivity index (χ3n) is 5.50. The van der Waals surface area contributed by atoms with Gasteiger partial charge in [0.15, 0.2) is 0 Å². The van der Waals surface area contributed by atoms with Gasteiger partial charge < -0.3 is 15.4 Å². The standard InChI is InChI=1S/C24H25N5O/c1-30-16-19-13-18-9-5-6-10-22(18)29(19)24-27-21-11-12-25-15-20(21)23(28-24)26-14-17-7-3-2-4-8-17/h2-10,13,25H,11-12,14-16H2,1H3,(H,26,27,28). The first-order valence-electron chi connectivity index (χ1n) is 10.3. The lowest BCUT2D eigenvalue weighted by Gasteiger charge is -2.21. The molecular formula is C24H25N5O. The summed E-state index contributed by atoms with van der Waals surface area (Å²) in [6.07, 6.45) is 0.893. The zero-order valence-corrected chi connectivity index (χ0v) is 17.1. The Morgan fingerprint density at radius 2 is 1.90 bits per heavy atom. The van der Waals surface area contributed by atoms with Gasteiger partial charge in [-0.2, -0.15) is 4.98 Å². The maximum atomic E-state index is 5.47. The van der Waals surface area contributed by atoms with Gasteiger partial charge in [-0.05, 0) is 17.7 Å². The Morgan fingerprint density at radius 1 is 1.07 bits per heavy atom. The van der Waals surface area contributed by atoms with Crippen molar-refractivity contribution >= 4 is 16.7 Å². The molecule has 1 aliphatic heterocycles. The lowest BCUT2D eigenvalue weighted by Crippen LogP contribution is -2.27. The van der Waals surface area contributed by atoms with Gasteiger partial charge in [-0.1, -0.05) is 48.5 Å². The molecule has 2 aromatic carbocycles. The monoisotopic (exact) mass is 399 g/mol. The molecule has 0 saturated carbocycles. The largest absolute Gasteiger partial charge is 0.378 e. The maximum Gasteiger partial charge on any atom is 0.236 e. The number of hydrogen-bond donors (Lipinski definition) is 2. The number of nitrogens with one attached hydrogen (secondary N) is 2. The molecule has 0 atom stereocenters. The normalized spacial score (nSPS) is 13.4. The first kappa shape index (κ1) is 18.8. The molecule has 2 N–H and O–H groups in total. The molecule has 0 unspecified atom stereocenters. The SMILES string of the molecule is COCc1cc2ccccc2n1-c1nc2c(c(NCc3ccccc3)n1)CNCC2. The van der Waals surface area contributed by atoms with E-state index >= 15 is 0 Å². The number of rotatable bonds is 6. The average molecular weight is 399 g/mol. The molecule has 3 heterocycles. The van der Waals surface area contributed by atoms with Crippen LogP contribution in [0.1, 0.15) is 22.5 Å². The second kappa shape index (κ2) is 8.26. The van der Waals surface area contributed by atoms with Gasteiger partial charge in [-0.3, -0.25) is 4.57 Å². The topological polar surface area (TPSA) is 64.0 Å². The van der Waals surface area contributed by atoms with E-state index in [0.717, 1.165) is 59.7 Å². The maximum absolute atomic E-state index is 5.47. The second-order valence-corrected chi connectivity index (χ2v) is 7.53. The number of hydrogen-bond acceptors (Lipinski definition) is 5. The summed E-state index contributed by atoms with van der Waals surface area (Å²) in [4.78, 5) is 9.96. The van der Waals surface area contributed by atoms with E-state index in [1.165, 1.54) is 5.56 Å². The molecule has 0 radical (unpaired) electrons. The minimum atomic E-state index is 0.503. The summed E-state index contributed by atoms with van der Waals surface area (Å²) in [6, 6.07) is 20.9. The van der Waals surface area contributed by atoms with Crippen molar-refractivity contribution in [3.05, 3.63) is 83.2 Å². The fraction of sp³-hybridized carbons (Fsp3) is 0.250.